The minimum absolute atomic E-state index is 0.150. The smallest absolute Gasteiger partial charge is 0.252 e. The molecule has 1 unspecified atom stereocenters. The zero-order valence-corrected chi connectivity index (χ0v) is 15.6. The summed E-state index contributed by atoms with van der Waals surface area (Å²) in [5.41, 5.74) is 9.11. The van der Waals surface area contributed by atoms with Crippen molar-refractivity contribution in [3.8, 4) is 0 Å². The van der Waals surface area contributed by atoms with Crippen LogP contribution in [0.4, 0.5) is 8.78 Å². The maximum atomic E-state index is 14.2. The first-order valence-electron chi connectivity index (χ1n) is 9.64. The molecule has 3 heterocycles. The normalized spacial score (nSPS) is 25.4. The second-order valence-electron chi connectivity index (χ2n) is 7.91. The number of aromatic nitrogens is 4. The van der Waals surface area contributed by atoms with E-state index in [0.717, 1.165) is 49.7 Å². The summed E-state index contributed by atoms with van der Waals surface area (Å²) in [7, 11) is 0. The standard InChI is InChI=1S/C20H22F2N6/c1-11-25-20-24-8-12-9-27(10-19(12)28(20)26-11)14-3-4-15(18(23)7-14)16-6-13(21)2-5-17(16)22/h2,5-6,8,14-15,18H,3-4,7,9-10,23H2,1H3/t14-,15?,18-/m0/s1. The number of hydrogen-bond acceptors (Lipinski definition) is 5. The highest BCUT2D eigenvalue weighted by molar-refractivity contribution is 5.35. The molecule has 2 aliphatic rings. The Kier molecular flexibility index (Phi) is 4.13. The molecule has 28 heavy (non-hydrogen) atoms. The van der Waals surface area contributed by atoms with Crippen molar-refractivity contribution in [2.75, 3.05) is 0 Å². The molecule has 8 heteroatoms. The van der Waals surface area contributed by atoms with Gasteiger partial charge in [-0.05, 0) is 49.9 Å². The maximum Gasteiger partial charge on any atom is 0.252 e. The molecule has 1 fully saturated rings. The third kappa shape index (κ3) is 2.87. The molecule has 1 aliphatic heterocycles. The first-order valence-corrected chi connectivity index (χ1v) is 9.64. The Morgan fingerprint density at radius 2 is 2.04 bits per heavy atom. The lowest BCUT2D eigenvalue weighted by Gasteiger charge is -2.38. The third-order valence-electron chi connectivity index (χ3n) is 6.13. The largest absolute Gasteiger partial charge is 0.327 e. The lowest BCUT2D eigenvalue weighted by molar-refractivity contribution is 0.136. The van der Waals surface area contributed by atoms with E-state index in [-0.39, 0.29) is 17.8 Å². The van der Waals surface area contributed by atoms with Crippen LogP contribution < -0.4 is 5.73 Å². The molecular weight excluding hydrogens is 362 g/mol. The topological polar surface area (TPSA) is 72.3 Å². The fourth-order valence-corrected chi connectivity index (χ4v) is 4.74. The van der Waals surface area contributed by atoms with E-state index in [1.165, 1.54) is 12.1 Å². The molecule has 3 aromatic rings. The first kappa shape index (κ1) is 17.6. The van der Waals surface area contributed by atoms with E-state index in [0.29, 0.717) is 23.2 Å². The molecule has 0 bridgehead atoms. The lowest BCUT2D eigenvalue weighted by Crippen LogP contribution is -2.44. The third-order valence-corrected chi connectivity index (χ3v) is 6.13. The average Bonchev–Trinajstić information content (AvgIpc) is 3.26. The number of nitrogens with zero attached hydrogens (tertiary/aromatic N) is 5. The number of benzene rings is 1. The highest BCUT2D eigenvalue weighted by Crippen LogP contribution is 2.38. The van der Waals surface area contributed by atoms with Crippen molar-refractivity contribution in [1.82, 2.24) is 24.5 Å². The number of aryl methyl sites for hydroxylation is 1. The monoisotopic (exact) mass is 384 g/mol. The Balaban J connectivity index is 1.34. The lowest BCUT2D eigenvalue weighted by atomic mass is 9.77. The molecule has 0 amide bonds. The summed E-state index contributed by atoms with van der Waals surface area (Å²) < 4.78 is 29.6. The van der Waals surface area contributed by atoms with Gasteiger partial charge in [0.05, 0.1) is 5.69 Å². The molecule has 0 saturated heterocycles. The van der Waals surface area contributed by atoms with Crippen molar-refractivity contribution in [3.05, 3.63) is 58.7 Å². The van der Waals surface area contributed by atoms with Gasteiger partial charge in [0.1, 0.15) is 17.5 Å². The molecular formula is C20H22F2N6. The fourth-order valence-electron chi connectivity index (χ4n) is 4.74. The molecule has 2 N–H and O–H groups in total. The van der Waals surface area contributed by atoms with Crippen molar-refractivity contribution in [1.29, 1.82) is 0 Å². The minimum Gasteiger partial charge on any atom is -0.327 e. The van der Waals surface area contributed by atoms with Gasteiger partial charge in [0.25, 0.3) is 5.78 Å². The van der Waals surface area contributed by atoms with Gasteiger partial charge < -0.3 is 5.73 Å². The summed E-state index contributed by atoms with van der Waals surface area (Å²) in [6.45, 7) is 3.43. The van der Waals surface area contributed by atoms with Crippen LogP contribution in [-0.4, -0.2) is 36.6 Å². The molecule has 3 atom stereocenters. The molecule has 0 spiro atoms. The average molecular weight is 384 g/mol. The van der Waals surface area contributed by atoms with Gasteiger partial charge in [-0.3, -0.25) is 4.90 Å². The predicted octanol–water partition coefficient (Wildman–Crippen LogP) is 2.69. The summed E-state index contributed by atoms with van der Waals surface area (Å²) in [5.74, 6) is 0.395. The highest BCUT2D eigenvalue weighted by atomic mass is 19.1. The van der Waals surface area contributed by atoms with E-state index in [2.05, 4.69) is 20.0 Å². The van der Waals surface area contributed by atoms with Gasteiger partial charge in [0.2, 0.25) is 0 Å². The molecule has 5 rings (SSSR count). The van der Waals surface area contributed by atoms with Crippen molar-refractivity contribution in [2.45, 2.75) is 57.3 Å². The van der Waals surface area contributed by atoms with E-state index in [4.69, 9.17) is 5.73 Å². The van der Waals surface area contributed by atoms with Gasteiger partial charge in [-0.25, -0.2) is 13.8 Å². The van der Waals surface area contributed by atoms with Crippen LogP contribution in [0.2, 0.25) is 0 Å². The van der Waals surface area contributed by atoms with Gasteiger partial charge in [-0.2, -0.15) is 9.50 Å². The summed E-state index contributed by atoms with van der Waals surface area (Å²) in [5, 5.41) is 4.46. The summed E-state index contributed by atoms with van der Waals surface area (Å²) in [6.07, 6.45) is 4.28. The van der Waals surface area contributed by atoms with E-state index < -0.39 is 5.82 Å². The summed E-state index contributed by atoms with van der Waals surface area (Å²) in [4.78, 5) is 11.1. The molecule has 0 radical (unpaired) electrons. The van der Waals surface area contributed by atoms with Crippen LogP contribution in [0.1, 0.15) is 47.8 Å². The Labute approximate surface area is 161 Å². The van der Waals surface area contributed by atoms with E-state index >= 15 is 0 Å². The van der Waals surface area contributed by atoms with Crippen LogP contribution in [-0.2, 0) is 13.1 Å². The van der Waals surface area contributed by atoms with Gasteiger partial charge in [0.15, 0.2) is 0 Å². The van der Waals surface area contributed by atoms with Gasteiger partial charge in [-0.1, -0.05) is 0 Å². The second-order valence-corrected chi connectivity index (χ2v) is 7.91. The quantitative estimate of drug-likeness (QED) is 0.736. The van der Waals surface area contributed by atoms with E-state index in [1.54, 1.807) is 0 Å². The Morgan fingerprint density at radius 1 is 1.18 bits per heavy atom. The Morgan fingerprint density at radius 3 is 2.86 bits per heavy atom. The van der Waals surface area contributed by atoms with Crippen LogP contribution in [0, 0.1) is 18.6 Å². The van der Waals surface area contributed by atoms with Crippen molar-refractivity contribution < 1.29 is 8.78 Å². The molecule has 2 aromatic heterocycles. The Hall–Kier alpha value is -2.45. The maximum absolute atomic E-state index is 14.2. The summed E-state index contributed by atoms with van der Waals surface area (Å²) in [6, 6.07) is 3.73. The SMILES string of the molecule is Cc1nc2ncc3c(n2n1)CN([C@H]1CCC(c2cc(F)ccc2F)[C@@H](N)C1)C3. The van der Waals surface area contributed by atoms with E-state index in [1.807, 2.05) is 17.6 Å². The summed E-state index contributed by atoms with van der Waals surface area (Å²) >= 11 is 0. The number of rotatable bonds is 2. The van der Waals surface area contributed by atoms with Crippen LogP contribution in [0.3, 0.4) is 0 Å². The molecule has 1 aliphatic carbocycles. The number of nitrogens with two attached hydrogens (primary N) is 1. The minimum atomic E-state index is -0.416. The zero-order chi connectivity index (χ0) is 19.4. The van der Waals surface area contributed by atoms with Crippen molar-refractivity contribution >= 4 is 5.78 Å². The van der Waals surface area contributed by atoms with Crippen molar-refractivity contribution in [3.63, 3.8) is 0 Å². The highest BCUT2D eigenvalue weighted by Gasteiger charge is 2.36. The van der Waals surface area contributed by atoms with Gasteiger partial charge in [0, 0.05) is 42.9 Å². The number of hydrogen-bond donors (Lipinski definition) is 1. The molecule has 146 valence electrons. The van der Waals surface area contributed by atoms with Crippen LogP contribution in [0.15, 0.2) is 24.4 Å². The molecule has 1 saturated carbocycles. The fraction of sp³-hybridized carbons (Fsp3) is 0.450. The van der Waals surface area contributed by atoms with Crippen LogP contribution in [0.25, 0.3) is 5.78 Å². The second kappa shape index (κ2) is 6.56. The molecule has 6 nitrogen and oxygen atoms in total. The van der Waals surface area contributed by atoms with Crippen molar-refractivity contribution in [2.24, 2.45) is 5.73 Å². The zero-order valence-electron chi connectivity index (χ0n) is 15.6. The Bertz CT molecular complexity index is 1050. The first-order chi connectivity index (χ1) is 13.5. The van der Waals surface area contributed by atoms with Crippen LogP contribution in [0.5, 0.6) is 0 Å². The van der Waals surface area contributed by atoms with Gasteiger partial charge >= 0.3 is 0 Å². The molecule has 1 aromatic carbocycles. The van der Waals surface area contributed by atoms with Crippen LogP contribution >= 0.6 is 0 Å². The predicted molar refractivity (Wildman–Crippen MR) is 99.5 cm³/mol. The van der Waals surface area contributed by atoms with Gasteiger partial charge in [-0.15, -0.1) is 5.10 Å². The number of halogens is 2. The number of fused-ring (bicyclic) bond motifs is 3. The van der Waals surface area contributed by atoms with E-state index in [9.17, 15) is 8.78 Å².